The van der Waals surface area contributed by atoms with Gasteiger partial charge in [-0.25, -0.2) is 0 Å². The molecule has 0 unspecified atom stereocenters. The highest BCUT2D eigenvalue weighted by atomic mass is 16.5. The van der Waals surface area contributed by atoms with Crippen LogP contribution in [0.1, 0.15) is 48.0 Å². The number of nitrogens with zero attached hydrogens (tertiary/aromatic N) is 1. The number of aryl methyl sites for hydroxylation is 1. The molecule has 0 saturated carbocycles. The number of hydrogen-bond acceptors (Lipinski definition) is 4. The van der Waals surface area contributed by atoms with E-state index in [0.717, 1.165) is 5.56 Å². The summed E-state index contributed by atoms with van der Waals surface area (Å²) in [5.41, 5.74) is 1.67. The van der Waals surface area contributed by atoms with Gasteiger partial charge in [-0.2, -0.15) is 0 Å². The minimum Gasteiger partial charge on any atom is -0.481 e. The van der Waals surface area contributed by atoms with E-state index in [-0.39, 0.29) is 23.9 Å². The first-order chi connectivity index (χ1) is 10.5. The van der Waals surface area contributed by atoms with Crippen molar-refractivity contribution in [3.63, 3.8) is 0 Å². The highest BCUT2D eigenvalue weighted by Gasteiger charge is 2.14. The minimum absolute atomic E-state index is 0.0540. The summed E-state index contributed by atoms with van der Waals surface area (Å²) in [6.07, 6.45) is 0.471. The Bertz CT molecular complexity index is 676. The second-order valence-electron chi connectivity index (χ2n) is 5.32. The summed E-state index contributed by atoms with van der Waals surface area (Å²) < 4.78 is 5.10. The molecule has 22 heavy (non-hydrogen) atoms. The van der Waals surface area contributed by atoms with E-state index in [2.05, 4.69) is 10.5 Å². The molecule has 0 saturated heterocycles. The van der Waals surface area contributed by atoms with E-state index in [9.17, 15) is 9.59 Å². The SMILES string of the molecule is CC(C)c1cc(C(=O)Nc2cccc(CCC(=O)O)c2)no1. The molecule has 0 bridgehead atoms. The summed E-state index contributed by atoms with van der Waals surface area (Å²) >= 11 is 0. The van der Waals surface area contributed by atoms with Crippen LogP contribution in [0.4, 0.5) is 5.69 Å². The number of aliphatic carboxylic acids is 1. The quantitative estimate of drug-likeness (QED) is 0.855. The summed E-state index contributed by atoms with van der Waals surface area (Å²) in [6.45, 7) is 3.91. The van der Waals surface area contributed by atoms with Crippen LogP contribution in [-0.4, -0.2) is 22.1 Å². The molecular weight excluding hydrogens is 284 g/mol. The number of aromatic nitrogens is 1. The number of amides is 1. The van der Waals surface area contributed by atoms with Crippen LogP contribution in [0.3, 0.4) is 0 Å². The molecule has 1 aromatic heterocycles. The normalized spacial score (nSPS) is 10.7. The molecule has 0 aliphatic rings. The number of carbonyl (C=O) groups is 2. The van der Waals surface area contributed by atoms with E-state index in [1.54, 1.807) is 24.3 Å². The van der Waals surface area contributed by atoms with Crippen molar-refractivity contribution in [2.45, 2.75) is 32.6 Å². The van der Waals surface area contributed by atoms with Crippen LogP contribution in [0.2, 0.25) is 0 Å². The Morgan fingerprint density at radius 1 is 1.32 bits per heavy atom. The molecule has 2 rings (SSSR count). The summed E-state index contributed by atoms with van der Waals surface area (Å²) in [7, 11) is 0. The lowest BCUT2D eigenvalue weighted by Crippen LogP contribution is -2.12. The summed E-state index contributed by atoms with van der Waals surface area (Å²) in [6, 6.07) is 8.71. The molecule has 2 N–H and O–H groups in total. The van der Waals surface area contributed by atoms with Crippen molar-refractivity contribution < 1.29 is 19.2 Å². The zero-order valence-corrected chi connectivity index (χ0v) is 12.5. The first-order valence-corrected chi connectivity index (χ1v) is 7.04. The Hall–Kier alpha value is -2.63. The van der Waals surface area contributed by atoms with Crippen molar-refractivity contribution in [1.29, 1.82) is 0 Å². The number of rotatable bonds is 6. The van der Waals surface area contributed by atoms with Gasteiger partial charge in [0.25, 0.3) is 5.91 Å². The number of carboxylic acids is 1. The van der Waals surface area contributed by atoms with E-state index in [4.69, 9.17) is 9.63 Å². The van der Waals surface area contributed by atoms with Crippen molar-refractivity contribution >= 4 is 17.6 Å². The van der Waals surface area contributed by atoms with Gasteiger partial charge in [-0.05, 0) is 24.1 Å². The van der Waals surface area contributed by atoms with Gasteiger partial charge in [0, 0.05) is 24.1 Å². The lowest BCUT2D eigenvalue weighted by atomic mass is 10.1. The monoisotopic (exact) mass is 302 g/mol. The van der Waals surface area contributed by atoms with Gasteiger partial charge in [-0.15, -0.1) is 0 Å². The summed E-state index contributed by atoms with van der Waals surface area (Å²) in [4.78, 5) is 22.7. The predicted molar refractivity (Wildman–Crippen MR) is 80.9 cm³/mol. The third-order valence-corrected chi connectivity index (χ3v) is 3.14. The van der Waals surface area contributed by atoms with Crippen molar-refractivity contribution in [1.82, 2.24) is 5.16 Å². The third kappa shape index (κ3) is 4.18. The molecule has 0 radical (unpaired) electrons. The number of carbonyl (C=O) groups excluding carboxylic acids is 1. The minimum atomic E-state index is -0.849. The molecule has 6 heteroatoms. The number of anilines is 1. The van der Waals surface area contributed by atoms with E-state index < -0.39 is 5.97 Å². The van der Waals surface area contributed by atoms with Crippen LogP contribution in [-0.2, 0) is 11.2 Å². The second-order valence-corrected chi connectivity index (χ2v) is 5.32. The average Bonchev–Trinajstić information content (AvgIpc) is 2.95. The Morgan fingerprint density at radius 3 is 2.73 bits per heavy atom. The first kappa shape index (κ1) is 15.8. The Balaban J connectivity index is 2.04. The molecule has 1 amide bonds. The fourth-order valence-corrected chi connectivity index (χ4v) is 1.92. The van der Waals surface area contributed by atoms with Crippen molar-refractivity contribution in [2.24, 2.45) is 0 Å². The van der Waals surface area contributed by atoms with Crippen molar-refractivity contribution in [2.75, 3.05) is 5.32 Å². The van der Waals surface area contributed by atoms with Gasteiger partial charge >= 0.3 is 5.97 Å². The predicted octanol–water partition coefficient (Wildman–Crippen LogP) is 3.07. The topological polar surface area (TPSA) is 92.4 Å². The Kier molecular flexibility index (Phi) is 4.93. The largest absolute Gasteiger partial charge is 0.481 e. The number of benzene rings is 1. The third-order valence-electron chi connectivity index (χ3n) is 3.14. The lowest BCUT2D eigenvalue weighted by Gasteiger charge is -2.05. The number of nitrogens with one attached hydrogen (secondary N) is 1. The molecule has 0 spiro atoms. The second kappa shape index (κ2) is 6.89. The van der Waals surface area contributed by atoms with Gasteiger partial charge in [0.15, 0.2) is 5.69 Å². The van der Waals surface area contributed by atoms with Crippen LogP contribution < -0.4 is 5.32 Å². The fourth-order valence-electron chi connectivity index (χ4n) is 1.92. The Labute approximate surface area is 128 Å². The van der Waals surface area contributed by atoms with Crippen LogP contribution >= 0.6 is 0 Å². The maximum absolute atomic E-state index is 12.1. The van der Waals surface area contributed by atoms with Crippen molar-refractivity contribution in [3.05, 3.63) is 47.3 Å². The number of carboxylic acid groups (broad SMARTS) is 1. The van der Waals surface area contributed by atoms with Crippen LogP contribution in [0, 0.1) is 0 Å². The molecule has 116 valence electrons. The zero-order chi connectivity index (χ0) is 16.1. The fraction of sp³-hybridized carbons (Fsp3) is 0.312. The van der Waals surface area contributed by atoms with E-state index >= 15 is 0 Å². The van der Waals surface area contributed by atoms with Gasteiger partial charge < -0.3 is 14.9 Å². The maximum Gasteiger partial charge on any atom is 0.303 e. The van der Waals surface area contributed by atoms with Gasteiger partial charge in [-0.3, -0.25) is 9.59 Å². The molecule has 0 aliphatic heterocycles. The van der Waals surface area contributed by atoms with Crippen LogP contribution in [0.15, 0.2) is 34.9 Å². The Morgan fingerprint density at radius 2 is 2.09 bits per heavy atom. The molecule has 0 fully saturated rings. The molecular formula is C16H18N2O4. The molecule has 0 aliphatic carbocycles. The van der Waals surface area contributed by atoms with E-state index in [0.29, 0.717) is 17.9 Å². The van der Waals surface area contributed by atoms with Gasteiger partial charge in [-0.1, -0.05) is 31.1 Å². The highest BCUT2D eigenvalue weighted by Crippen LogP contribution is 2.17. The summed E-state index contributed by atoms with van der Waals surface area (Å²) in [5, 5.41) is 15.2. The van der Waals surface area contributed by atoms with Crippen LogP contribution in [0.5, 0.6) is 0 Å². The standard InChI is InChI=1S/C16H18N2O4/c1-10(2)14-9-13(18-22-14)16(21)17-12-5-3-4-11(8-12)6-7-15(19)20/h3-5,8-10H,6-7H2,1-2H3,(H,17,21)(H,19,20). The van der Waals surface area contributed by atoms with Crippen molar-refractivity contribution in [3.8, 4) is 0 Å². The van der Waals surface area contributed by atoms with Crippen LogP contribution in [0.25, 0.3) is 0 Å². The first-order valence-electron chi connectivity index (χ1n) is 7.04. The average molecular weight is 302 g/mol. The molecule has 6 nitrogen and oxygen atoms in total. The van der Waals surface area contributed by atoms with Gasteiger partial charge in [0.05, 0.1) is 0 Å². The zero-order valence-electron chi connectivity index (χ0n) is 12.5. The smallest absolute Gasteiger partial charge is 0.303 e. The number of hydrogen-bond donors (Lipinski definition) is 2. The highest BCUT2D eigenvalue weighted by molar-refractivity contribution is 6.02. The van der Waals surface area contributed by atoms with Gasteiger partial charge in [0.1, 0.15) is 5.76 Å². The lowest BCUT2D eigenvalue weighted by molar-refractivity contribution is -0.136. The van der Waals surface area contributed by atoms with E-state index in [1.807, 2.05) is 19.9 Å². The summed E-state index contributed by atoms with van der Waals surface area (Å²) in [5.74, 6) is -0.391. The van der Waals surface area contributed by atoms with E-state index in [1.165, 1.54) is 0 Å². The maximum atomic E-state index is 12.1. The molecule has 2 aromatic rings. The molecule has 1 aromatic carbocycles. The molecule has 1 heterocycles. The van der Waals surface area contributed by atoms with Gasteiger partial charge in [0.2, 0.25) is 0 Å². The molecule has 0 atom stereocenters.